The van der Waals surface area contributed by atoms with Crippen LogP contribution in [0.2, 0.25) is 0 Å². The van der Waals surface area contributed by atoms with Crippen LogP contribution in [0.1, 0.15) is 49.8 Å². The predicted octanol–water partition coefficient (Wildman–Crippen LogP) is 5.21. The third kappa shape index (κ3) is 3.27. The fraction of sp³-hybridized carbons (Fsp3) is 0.421. The van der Waals surface area contributed by atoms with E-state index in [1.54, 1.807) is 0 Å². The molecular weight excluding hydrogens is 242 g/mol. The number of rotatable bonds is 4. The molecule has 3 rings (SSSR count). The maximum Gasteiger partial charge on any atom is 0.0633 e. The van der Waals surface area contributed by atoms with E-state index in [1.807, 2.05) is 19.9 Å². The molecule has 1 aromatic carbocycles. The predicted molar refractivity (Wildman–Crippen MR) is 89.2 cm³/mol. The Morgan fingerprint density at radius 1 is 1.20 bits per heavy atom. The molecule has 0 atom stereocenters. The lowest BCUT2D eigenvalue weighted by Gasteiger charge is -2.06. The average molecular weight is 267 g/mol. The fourth-order valence-corrected chi connectivity index (χ4v) is 2.65. The van der Waals surface area contributed by atoms with Crippen molar-refractivity contribution in [3.63, 3.8) is 0 Å². The number of benzene rings is 1. The molecule has 0 spiro atoms. The van der Waals surface area contributed by atoms with Crippen molar-refractivity contribution in [1.29, 1.82) is 0 Å². The molecule has 0 aromatic heterocycles. The molecule has 0 aliphatic heterocycles. The first-order valence-corrected chi connectivity index (χ1v) is 7.80. The highest BCUT2D eigenvalue weighted by Gasteiger charge is 2.25. The molecule has 1 heteroatoms. The quantitative estimate of drug-likeness (QED) is 0.664. The van der Waals surface area contributed by atoms with Crippen LogP contribution in [0.3, 0.4) is 0 Å². The van der Waals surface area contributed by atoms with E-state index in [0.29, 0.717) is 5.92 Å². The van der Waals surface area contributed by atoms with Crippen LogP contribution in [0.15, 0.2) is 42.4 Å². The normalized spacial score (nSPS) is 17.0. The number of allylic oxidation sites excluding steroid dienone is 1. The summed E-state index contributed by atoms with van der Waals surface area (Å²) < 4.78 is 0. The number of aryl methyl sites for hydroxylation is 2. The first kappa shape index (κ1) is 14.8. The van der Waals surface area contributed by atoms with Gasteiger partial charge in [0.1, 0.15) is 0 Å². The van der Waals surface area contributed by atoms with Crippen LogP contribution in [0, 0.1) is 5.92 Å². The summed E-state index contributed by atoms with van der Waals surface area (Å²) in [5.74, 6) is 0.633. The minimum atomic E-state index is 0.633. The Labute approximate surface area is 123 Å². The minimum Gasteiger partial charge on any atom is -0.253 e. The molecule has 1 fully saturated rings. The Balaban J connectivity index is 0.000000704. The SMILES string of the molecule is C=CC(=NC(=C)c1ccc2c(c1)CCC2)C1CC1.CC. The van der Waals surface area contributed by atoms with Crippen LogP contribution in [-0.4, -0.2) is 5.71 Å². The lowest BCUT2D eigenvalue weighted by Crippen LogP contribution is -1.96. The number of aliphatic imine (C=N–C) groups is 1. The summed E-state index contributed by atoms with van der Waals surface area (Å²) in [6, 6.07) is 6.66. The first-order chi connectivity index (χ1) is 9.78. The molecule has 0 bridgehead atoms. The molecule has 0 radical (unpaired) electrons. The summed E-state index contributed by atoms with van der Waals surface area (Å²) in [5, 5.41) is 0. The van der Waals surface area contributed by atoms with Gasteiger partial charge in [-0.25, -0.2) is 0 Å². The van der Waals surface area contributed by atoms with E-state index in [4.69, 9.17) is 0 Å². The Kier molecular flexibility index (Phi) is 4.94. The standard InChI is InChI=1S/C17H19N.C2H6/c1-3-17(14-8-9-14)18-12(2)15-10-7-13-5-4-6-16(13)11-15;1-2/h3,7,10-11,14H,1-2,4-6,8-9H2;1-2H3. The van der Waals surface area contributed by atoms with Gasteiger partial charge in [-0.3, -0.25) is 4.99 Å². The molecule has 1 saturated carbocycles. The van der Waals surface area contributed by atoms with Crippen molar-refractivity contribution in [2.24, 2.45) is 10.9 Å². The van der Waals surface area contributed by atoms with E-state index in [9.17, 15) is 0 Å². The van der Waals surface area contributed by atoms with E-state index in [1.165, 1.54) is 43.2 Å². The van der Waals surface area contributed by atoms with Crippen molar-refractivity contribution in [1.82, 2.24) is 0 Å². The van der Waals surface area contributed by atoms with Gasteiger partial charge in [0.2, 0.25) is 0 Å². The van der Waals surface area contributed by atoms with Gasteiger partial charge in [0.25, 0.3) is 0 Å². The zero-order valence-corrected chi connectivity index (χ0v) is 12.8. The second kappa shape index (κ2) is 6.69. The second-order valence-corrected chi connectivity index (χ2v) is 5.30. The maximum absolute atomic E-state index is 4.66. The minimum absolute atomic E-state index is 0.633. The Morgan fingerprint density at radius 3 is 2.55 bits per heavy atom. The van der Waals surface area contributed by atoms with Crippen molar-refractivity contribution < 1.29 is 0 Å². The number of nitrogens with zero attached hydrogens (tertiary/aromatic N) is 1. The Hall–Kier alpha value is -1.63. The molecule has 0 unspecified atom stereocenters. The first-order valence-electron chi connectivity index (χ1n) is 7.80. The van der Waals surface area contributed by atoms with Gasteiger partial charge in [-0.15, -0.1) is 0 Å². The van der Waals surface area contributed by atoms with Gasteiger partial charge >= 0.3 is 0 Å². The summed E-state index contributed by atoms with van der Waals surface area (Å²) in [5.41, 5.74) is 6.14. The van der Waals surface area contributed by atoms with Crippen molar-refractivity contribution >= 4 is 11.4 Å². The van der Waals surface area contributed by atoms with E-state index >= 15 is 0 Å². The van der Waals surface area contributed by atoms with Crippen molar-refractivity contribution in [3.05, 3.63) is 54.1 Å². The molecule has 1 aromatic rings. The summed E-state index contributed by atoms with van der Waals surface area (Å²) in [6.07, 6.45) is 8.11. The van der Waals surface area contributed by atoms with Gasteiger partial charge in [-0.1, -0.05) is 39.1 Å². The van der Waals surface area contributed by atoms with E-state index in [-0.39, 0.29) is 0 Å². The van der Waals surface area contributed by atoms with E-state index in [2.05, 4.69) is 36.3 Å². The Bertz CT molecular complexity index is 533. The third-order valence-electron chi connectivity index (χ3n) is 3.90. The van der Waals surface area contributed by atoms with Gasteiger partial charge in [0, 0.05) is 11.6 Å². The van der Waals surface area contributed by atoms with Crippen molar-refractivity contribution in [3.8, 4) is 0 Å². The topological polar surface area (TPSA) is 12.4 Å². The van der Waals surface area contributed by atoms with E-state index in [0.717, 1.165) is 17.0 Å². The number of fused-ring (bicyclic) bond motifs is 1. The van der Waals surface area contributed by atoms with Crippen LogP contribution in [0.25, 0.3) is 5.70 Å². The number of hydrogen-bond acceptors (Lipinski definition) is 1. The molecular formula is C19H25N. The van der Waals surface area contributed by atoms with Gasteiger partial charge in [0.05, 0.1) is 5.70 Å². The van der Waals surface area contributed by atoms with Crippen molar-refractivity contribution in [2.75, 3.05) is 0 Å². The fourth-order valence-electron chi connectivity index (χ4n) is 2.65. The van der Waals surface area contributed by atoms with Gasteiger partial charge in [-0.2, -0.15) is 0 Å². The lowest BCUT2D eigenvalue weighted by atomic mass is 10.0. The monoisotopic (exact) mass is 267 g/mol. The zero-order valence-electron chi connectivity index (χ0n) is 12.8. The molecule has 0 heterocycles. The van der Waals surface area contributed by atoms with Gasteiger partial charge in [-0.05, 0) is 60.9 Å². The molecule has 0 N–H and O–H groups in total. The molecule has 0 saturated heterocycles. The third-order valence-corrected chi connectivity index (χ3v) is 3.90. The molecule has 2 aliphatic rings. The zero-order chi connectivity index (χ0) is 14.5. The van der Waals surface area contributed by atoms with Crippen LogP contribution >= 0.6 is 0 Å². The van der Waals surface area contributed by atoms with Crippen LogP contribution < -0.4 is 0 Å². The van der Waals surface area contributed by atoms with Crippen LogP contribution in [-0.2, 0) is 12.8 Å². The van der Waals surface area contributed by atoms with Crippen LogP contribution in [0.5, 0.6) is 0 Å². The molecule has 106 valence electrons. The maximum atomic E-state index is 4.66. The van der Waals surface area contributed by atoms with Crippen LogP contribution in [0.4, 0.5) is 0 Å². The summed E-state index contributed by atoms with van der Waals surface area (Å²) in [4.78, 5) is 4.66. The number of hydrogen-bond donors (Lipinski definition) is 0. The second-order valence-electron chi connectivity index (χ2n) is 5.30. The highest BCUT2D eigenvalue weighted by Crippen LogP contribution is 2.33. The summed E-state index contributed by atoms with van der Waals surface area (Å²) >= 11 is 0. The van der Waals surface area contributed by atoms with E-state index < -0.39 is 0 Å². The Morgan fingerprint density at radius 2 is 1.90 bits per heavy atom. The molecule has 20 heavy (non-hydrogen) atoms. The molecule has 1 nitrogen and oxygen atoms in total. The largest absolute Gasteiger partial charge is 0.253 e. The smallest absolute Gasteiger partial charge is 0.0633 e. The lowest BCUT2D eigenvalue weighted by molar-refractivity contribution is 0.911. The van der Waals surface area contributed by atoms with Crippen molar-refractivity contribution in [2.45, 2.75) is 46.0 Å². The molecule has 2 aliphatic carbocycles. The molecule has 0 amide bonds. The highest BCUT2D eigenvalue weighted by molar-refractivity contribution is 6.01. The van der Waals surface area contributed by atoms with Gasteiger partial charge < -0.3 is 0 Å². The highest BCUT2D eigenvalue weighted by atomic mass is 14.8. The average Bonchev–Trinajstić information content (AvgIpc) is 3.23. The van der Waals surface area contributed by atoms with Gasteiger partial charge in [0.15, 0.2) is 0 Å². The summed E-state index contributed by atoms with van der Waals surface area (Å²) in [6.45, 7) is 12.0. The summed E-state index contributed by atoms with van der Waals surface area (Å²) in [7, 11) is 0.